The van der Waals surface area contributed by atoms with Crippen LogP contribution in [-0.4, -0.2) is 82.2 Å². The highest BCUT2D eigenvalue weighted by atomic mass is 28.3. The number of hydrogen-bond donors (Lipinski definition) is 1. The molecule has 1 amide bonds. The summed E-state index contributed by atoms with van der Waals surface area (Å²) in [7, 11) is -1.14. The molecule has 0 spiro atoms. The normalized spacial score (nSPS) is 14.4. The standard InChI is InChI=1S/C30H46N8O3Si/c1-22(2)27-24(20-38(35-27)21-40-17-18-42(6,7)8)25-11-12-31-28(33-25)34-26-10-9-23(19-32-26)36-13-15-37(16-14-36)29(39)41-30(3,4)5/h9-12,19-20,22H,13-18,21H2,1-8H3,(H,31,32,33,34). The number of nitrogens with one attached hydrogen (secondary N) is 1. The number of ether oxygens (including phenoxy) is 2. The molecule has 0 unspecified atom stereocenters. The molecule has 42 heavy (non-hydrogen) atoms. The number of amides is 1. The molecule has 0 radical (unpaired) electrons. The van der Waals surface area contributed by atoms with Crippen LogP contribution in [0.15, 0.2) is 36.8 Å². The van der Waals surface area contributed by atoms with Crippen LogP contribution in [0.25, 0.3) is 11.3 Å². The molecule has 1 fully saturated rings. The molecule has 3 aromatic rings. The van der Waals surface area contributed by atoms with E-state index in [-0.39, 0.29) is 12.0 Å². The average molecular weight is 595 g/mol. The molecule has 1 aliphatic rings. The number of piperazine rings is 1. The summed E-state index contributed by atoms with van der Waals surface area (Å²) in [4.78, 5) is 30.1. The number of carbonyl (C=O) groups excluding carboxylic acids is 1. The van der Waals surface area contributed by atoms with Crippen LogP contribution in [0.5, 0.6) is 0 Å². The summed E-state index contributed by atoms with van der Waals surface area (Å²) in [5.74, 6) is 1.35. The zero-order valence-corrected chi connectivity index (χ0v) is 27.3. The Balaban J connectivity index is 1.37. The van der Waals surface area contributed by atoms with Gasteiger partial charge in [0.05, 0.1) is 23.3 Å². The van der Waals surface area contributed by atoms with Gasteiger partial charge in [0.25, 0.3) is 0 Å². The van der Waals surface area contributed by atoms with Crippen molar-refractivity contribution in [3.05, 3.63) is 42.5 Å². The third-order valence-electron chi connectivity index (χ3n) is 6.77. The molecular weight excluding hydrogens is 548 g/mol. The van der Waals surface area contributed by atoms with E-state index in [0.29, 0.717) is 44.7 Å². The van der Waals surface area contributed by atoms with Crippen LogP contribution < -0.4 is 10.2 Å². The first-order valence-corrected chi connectivity index (χ1v) is 18.4. The van der Waals surface area contributed by atoms with Crippen molar-refractivity contribution < 1.29 is 14.3 Å². The van der Waals surface area contributed by atoms with Crippen LogP contribution in [0.4, 0.5) is 22.2 Å². The summed E-state index contributed by atoms with van der Waals surface area (Å²) in [6.07, 6.45) is 5.32. The van der Waals surface area contributed by atoms with Gasteiger partial charge in [0, 0.05) is 58.8 Å². The molecule has 1 N–H and O–H groups in total. The summed E-state index contributed by atoms with van der Waals surface area (Å²) in [6, 6.07) is 6.96. The second-order valence-corrected chi connectivity index (χ2v) is 18.8. The molecule has 0 aliphatic carbocycles. The van der Waals surface area contributed by atoms with Gasteiger partial charge in [-0.25, -0.2) is 24.4 Å². The lowest BCUT2D eigenvalue weighted by atomic mass is 10.0. The number of rotatable bonds is 10. The van der Waals surface area contributed by atoms with E-state index >= 15 is 0 Å². The fraction of sp³-hybridized carbons (Fsp3) is 0.567. The second-order valence-electron chi connectivity index (χ2n) is 13.2. The Kier molecular flexibility index (Phi) is 9.88. The van der Waals surface area contributed by atoms with E-state index in [1.54, 1.807) is 11.1 Å². The molecule has 4 rings (SSSR count). The zero-order chi connectivity index (χ0) is 30.5. The number of carbonyl (C=O) groups is 1. The molecule has 4 heterocycles. The molecule has 3 aromatic heterocycles. The molecule has 12 heteroatoms. The lowest BCUT2D eigenvalue weighted by Crippen LogP contribution is -2.50. The van der Waals surface area contributed by atoms with Gasteiger partial charge < -0.3 is 24.6 Å². The minimum atomic E-state index is -1.14. The van der Waals surface area contributed by atoms with E-state index in [4.69, 9.17) is 19.6 Å². The fourth-order valence-corrected chi connectivity index (χ4v) is 5.22. The minimum absolute atomic E-state index is 0.231. The molecule has 0 saturated carbocycles. The van der Waals surface area contributed by atoms with E-state index < -0.39 is 13.7 Å². The third kappa shape index (κ3) is 8.99. The molecule has 0 aromatic carbocycles. The zero-order valence-electron chi connectivity index (χ0n) is 26.3. The van der Waals surface area contributed by atoms with Gasteiger partial charge in [-0.1, -0.05) is 33.5 Å². The Hall–Kier alpha value is -3.51. The van der Waals surface area contributed by atoms with Crippen molar-refractivity contribution in [3.8, 4) is 11.3 Å². The molecule has 1 aliphatic heterocycles. The van der Waals surface area contributed by atoms with Gasteiger partial charge in [-0.05, 0) is 50.9 Å². The molecule has 11 nitrogen and oxygen atoms in total. The smallest absolute Gasteiger partial charge is 0.410 e. The first-order chi connectivity index (χ1) is 19.8. The van der Waals surface area contributed by atoms with Gasteiger partial charge in [-0.2, -0.15) is 5.10 Å². The third-order valence-corrected chi connectivity index (χ3v) is 8.48. The fourth-order valence-electron chi connectivity index (χ4n) is 4.47. The average Bonchev–Trinajstić information content (AvgIpc) is 3.35. The highest BCUT2D eigenvalue weighted by molar-refractivity contribution is 6.76. The topological polar surface area (TPSA) is 111 Å². The highest BCUT2D eigenvalue weighted by Gasteiger charge is 2.26. The van der Waals surface area contributed by atoms with Crippen molar-refractivity contribution in [3.63, 3.8) is 0 Å². The van der Waals surface area contributed by atoms with E-state index in [1.807, 2.05) is 56.0 Å². The number of anilines is 3. The van der Waals surface area contributed by atoms with Crippen LogP contribution in [0, 0.1) is 0 Å². The van der Waals surface area contributed by atoms with Gasteiger partial charge in [0.2, 0.25) is 5.95 Å². The Bertz CT molecular complexity index is 1320. The molecular formula is C30H46N8O3Si. The highest BCUT2D eigenvalue weighted by Crippen LogP contribution is 2.28. The predicted molar refractivity (Wildman–Crippen MR) is 169 cm³/mol. The SMILES string of the molecule is CC(C)c1nn(COCC[Si](C)(C)C)cc1-c1ccnc(Nc2ccc(N3CCN(C(=O)OC(C)(C)C)CC3)cn2)n1. The summed E-state index contributed by atoms with van der Waals surface area (Å²) in [6.45, 7) is 20.8. The molecule has 228 valence electrons. The van der Waals surface area contributed by atoms with Gasteiger partial charge >= 0.3 is 6.09 Å². The van der Waals surface area contributed by atoms with E-state index in [1.165, 1.54) is 0 Å². The summed E-state index contributed by atoms with van der Waals surface area (Å²) in [5, 5.41) is 8.02. The van der Waals surface area contributed by atoms with Crippen molar-refractivity contribution in [1.29, 1.82) is 0 Å². The Morgan fingerprint density at radius 2 is 1.81 bits per heavy atom. The second kappa shape index (κ2) is 13.2. The Labute approximate surface area is 250 Å². The van der Waals surface area contributed by atoms with Crippen molar-refractivity contribution in [2.45, 2.75) is 78.6 Å². The summed E-state index contributed by atoms with van der Waals surface area (Å²) in [5.41, 5.74) is 3.25. The van der Waals surface area contributed by atoms with Crippen LogP contribution in [0.3, 0.4) is 0 Å². The van der Waals surface area contributed by atoms with Crippen molar-refractivity contribution in [1.82, 2.24) is 29.6 Å². The van der Waals surface area contributed by atoms with Crippen molar-refractivity contribution >= 4 is 31.6 Å². The number of nitrogens with zero attached hydrogens (tertiary/aromatic N) is 7. The van der Waals surface area contributed by atoms with Gasteiger partial charge in [0.15, 0.2) is 0 Å². The largest absolute Gasteiger partial charge is 0.444 e. The van der Waals surface area contributed by atoms with E-state index in [0.717, 1.165) is 35.3 Å². The number of aromatic nitrogens is 5. The lowest BCUT2D eigenvalue weighted by Gasteiger charge is -2.36. The Morgan fingerprint density at radius 3 is 2.43 bits per heavy atom. The van der Waals surface area contributed by atoms with Crippen LogP contribution in [0.1, 0.15) is 46.2 Å². The summed E-state index contributed by atoms with van der Waals surface area (Å²) < 4.78 is 13.3. The number of pyridine rings is 1. The molecule has 0 bridgehead atoms. The molecule has 1 saturated heterocycles. The Morgan fingerprint density at radius 1 is 1.07 bits per heavy atom. The maximum Gasteiger partial charge on any atom is 0.410 e. The van der Waals surface area contributed by atoms with Crippen LogP contribution in [0.2, 0.25) is 25.7 Å². The van der Waals surface area contributed by atoms with Crippen molar-refractivity contribution in [2.75, 3.05) is 43.0 Å². The molecule has 0 atom stereocenters. The van der Waals surface area contributed by atoms with Crippen LogP contribution >= 0.6 is 0 Å². The quantitative estimate of drug-likeness (QED) is 0.224. The van der Waals surface area contributed by atoms with Gasteiger partial charge in [0.1, 0.15) is 18.1 Å². The van der Waals surface area contributed by atoms with E-state index in [9.17, 15) is 4.79 Å². The van der Waals surface area contributed by atoms with Gasteiger partial charge in [-0.15, -0.1) is 0 Å². The summed E-state index contributed by atoms with van der Waals surface area (Å²) >= 11 is 0. The minimum Gasteiger partial charge on any atom is -0.444 e. The maximum absolute atomic E-state index is 12.4. The van der Waals surface area contributed by atoms with Crippen molar-refractivity contribution in [2.24, 2.45) is 0 Å². The van der Waals surface area contributed by atoms with E-state index in [2.05, 4.69) is 53.7 Å². The van der Waals surface area contributed by atoms with Gasteiger partial charge in [-0.3, -0.25) is 0 Å². The predicted octanol–water partition coefficient (Wildman–Crippen LogP) is 5.97. The first kappa shape index (κ1) is 31.4. The monoisotopic (exact) mass is 594 g/mol. The van der Waals surface area contributed by atoms with Crippen LogP contribution in [-0.2, 0) is 16.2 Å². The number of hydrogen-bond acceptors (Lipinski definition) is 9. The lowest BCUT2D eigenvalue weighted by molar-refractivity contribution is 0.0240. The first-order valence-electron chi connectivity index (χ1n) is 14.7. The maximum atomic E-state index is 12.4.